The first kappa shape index (κ1) is 20.2. The van der Waals surface area contributed by atoms with Gasteiger partial charge in [0.2, 0.25) is 0 Å². The first-order valence-corrected chi connectivity index (χ1v) is 10.8. The van der Waals surface area contributed by atoms with E-state index in [2.05, 4.69) is 39.8 Å². The van der Waals surface area contributed by atoms with Crippen molar-refractivity contribution in [2.75, 3.05) is 4.90 Å². The lowest BCUT2D eigenvalue weighted by Gasteiger charge is -2.28. The summed E-state index contributed by atoms with van der Waals surface area (Å²) in [4.78, 5) is 10.9. The van der Waals surface area contributed by atoms with Crippen LogP contribution in [0.15, 0.2) is 79.3 Å². The van der Waals surface area contributed by atoms with Crippen LogP contribution < -0.4 is 10.2 Å². The van der Waals surface area contributed by atoms with Crippen molar-refractivity contribution in [3.8, 4) is 11.4 Å². The maximum Gasteiger partial charge on any atom is 0.174 e. The fourth-order valence-electron chi connectivity index (χ4n) is 4.57. The second kappa shape index (κ2) is 8.09. The largest absolute Gasteiger partial charge is 0.506 e. The first-order valence-electron chi connectivity index (χ1n) is 10.4. The van der Waals surface area contributed by atoms with Crippen molar-refractivity contribution >= 4 is 23.0 Å². The quantitative estimate of drug-likeness (QED) is 0.445. The van der Waals surface area contributed by atoms with Crippen molar-refractivity contribution in [2.24, 2.45) is 0 Å². The topological polar surface area (TPSA) is 66.2 Å². The molecule has 0 aliphatic carbocycles. The minimum absolute atomic E-state index is 0.175. The van der Waals surface area contributed by atoms with Gasteiger partial charge in [-0.1, -0.05) is 18.2 Å². The van der Waals surface area contributed by atoms with E-state index in [4.69, 9.17) is 12.2 Å². The molecule has 1 saturated heterocycles. The van der Waals surface area contributed by atoms with Gasteiger partial charge in [0.1, 0.15) is 5.75 Å². The molecule has 160 valence electrons. The van der Waals surface area contributed by atoms with E-state index >= 15 is 0 Å². The zero-order valence-electron chi connectivity index (χ0n) is 17.8. The molecule has 6 nitrogen and oxygen atoms in total. The van der Waals surface area contributed by atoms with Crippen LogP contribution in [-0.2, 0) is 0 Å². The number of thiocarbonyl (C=S) groups is 1. The van der Waals surface area contributed by atoms with E-state index in [-0.39, 0.29) is 17.8 Å². The number of aromatic nitrogens is 3. The molecule has 1 aliphatic rings. The number of nitrogens with zero attached hydrogens (tertiary/aromatic N) is 4. The minimum Gasteiger partial charge on any atom is -0.506 e. The molecule has 0 saturated carbocycles. The monoisotopic (exact) mass is 441 g/mol. The van der Waals surface area contributed by atoms with Crippen LogP contribution in [0, 0.1) is 13.8 Å². The molecule has 0 radical (unpaired) electrons. The normalized spacial score (nSPS) is 18.1. The summed E-state index contributed by atoms with van der Waals surface area (Å²) in [6.45, 7) is 4.19. The number of phenolic OH excluding ortho intramolecular Hbond substituents is 1. The molecule has 7 heteroatoms. The highest BCUT2D eigenvalue weighted by atomic mass is 32.1. The third-order valence-electron chi connectivity index (χ3n) is 5.93. The number of para-hydroxylation sites is 2. The van der Waals surface area contributed by atoms with E-state index < -0.39 is 0 Å². The highest BCUT2D eigenvalue weighted by molar-refractivity contribution is 7.80. The average Bonchev–Trinajstić information content (AvgIpc) is 3.30. The number of aryl methyl sites for hydroxylation is 1. The van der Waals surface area contributed by atoms with Crippen LogP contribution in [0.25, 0.3) is 5.69 Å². The molecular formula is C25H23N5OS. The van der Waals surface area contributed by atoms with Crippen molar-refractivity contribution in [3.63, 3.8) is 0 Å². The van der Waals surface area contributed by atoms with Gasteiger partial charge in [-0.25, -0.2) is 0 Å². The Morgan fingerprint density at radius 2 is 1.81 bits per heavy atom. The Labute approximate surface area is 192 Å². The molecule has 0 spiro atoms. The number of anilines is 1. The van der Waals surface area contributed by atoms with E-state index in [0.29, 0.717) is 10.8 Å². The van der Waals surface area contributed by atoms with Crippen molar-refractivity contribution < 1.29 is 5.11 Å². The van der Waals surface area contributed by atoms with E-state index in [1.54, 1.807) is 18.5 Å². The third-order valence-corrected chi connectivity index (χ3v) is 6.25. The number of hydrogen-bond donors (Lipinski definition) is 2. The van der Waals surface area contributed by atoms with Crippen LogP contribution in [0.5, 0.6) is 5.75 Å². The number of rotatable bonds is 4. The van der Waals surface area contributed by atoms with Crippen LogP contribution >= 0.6 is 12.2 Å². The van der Waals surface area contributed by atoms with E-state index in [1.807, 2.05) is 59.6 Å². The van der Waals surface area contributed by atoms with Gasteiger partial charge >= 0.3 is 0 Å². The van der Waals surface area contributed by atoms with Crippen LogP contribution in [-0.4, -0.2) is 24.8 Å². The van der Waals surface area contributed by atoms with Gasteiger partial charge < -0.3 is 19.9 Å². The molecule has 32 heavy (non-hydrogen) atoms. The van der Waals surface area contributed by atoms with Gasteiger partial charge in [0.25, 0.3) is 0 Å². The Bertz CT molecular complexity index is 1270. The molecule has 0 unspecified atom stereocenters. The second-order valence-electron chi connectivity index (χ2n) is 7.86. The predicted molar refractivity (Wildman–Crippen MR) is 129 cm³/mol. The average molecular weight is 442 g/mol. The summed E-state index contributed by atoms with van der Waals surface area (Å²) in [6, 6.07) is 19.0. The number of aromatic hydroxyl groups is 1. The van der Waals surface area contributed by atoms with Gasteiger partial charge in [-0.05, 0) is 74.1 Å². The Kier molecular flexibility index (Phi) is 5.11. The van der Waals surface area contributed by atoms with Crippen molar-refractivity contribution in [2.45, 2.75) is 25.9 Å². The van der Waals surface area contributed by atoms with Crippen molar-refractivity contribution in [1.82, 2.24) is 19.9 Å². The highest BCUT2D eigenvalue weighted by Crippen LogP contribution is 2.45. The summed E-state index contributed by atoms with van der Waals surface area (Å²) >= 11 is 5.77. The van der Waals surface area contributed by atoms with E-state index in [0.717, 1.165) is 28.3 Å². The number of hydrogen-bond acceptors (Lipinski definition) is 4. The third kappa shape index (κ3) is 3.31. The summed E-state index contributed by atoms with van der Waals surface area (Å²) in [7, 11) is 0. The molecule has 3 aromatic heterocycles. The lowest BCUT2D eigenvalue weighted by Crippen LogP contribution is -2.29. The van der Waals surface area contributed by atoms with Gasteiger partial charge in [-0.3, -0.25) is 9.97 Å². The van der Waals surface area contributed by atoms with Crippen LogP contribution in [0.1, 0.15) is 34.7 Å². The Hall–Kier alpha value is -3.71. The number of pyridine rings is 2. The lowest BCUT2D eigenvalue weighted by molar-refractivity contribution is 0.472. The number of phenols is 1. The molecule has 2 atom stereocenters. The van der Waals surface area contributed by atoms with E-state index in [1.165, 1.54) is 0 Å². The molecule has 0 amide bonds. The first-order chi connectivity index (χ1) is 15.6. The minimum atomic E-state index is -0.192. The zero-order valence-corrected chi connectivity index (χ0v) is 18.6. The van der Waals surface area contributed by atoms with Gasteiger partial charge in [0, 0.05) is 23.8 Å². The molecule has 1 aliphatic heterocycles. The number of nitrogens with one attached hydrogen (secondary N) is 1. The Balaban J connectivity index is 1.70. The predicted octanol–water partition coefficient (Wildman–Crippen LogP) is 4.77. The van der Waals surface area contributed by atoms with Gasteiger partial charge in [-0.15, -0.1) is 0 Å². The maximum absolute atomic E-state index is 10.7. The highest BCUT2D eigenvalue weighted by Gasteiger charge is 2.43. The Morgan fingerprint density at radius 3 is 2.53 bits per heavy atom. The molecule has 1 aromatic carbocycles. The van der Waals surface area contributed by atoms with E-state index in [9.17, 15) is 5.11 Å². The Morgan fingerprint density at radius 1 is 1.00 bits per heavy atom. The molecule has 4 heterocycles. The lowest BCUT2D eigenvalue weighted by atomic mass is 9.96. The van der Waals surface area contributed by atoms with Crippen LogP contribution in [0.3, 0.4) is 0 Å². The molecule has 5 rings (SSSR count). The SMILES string of the molecule is Cc1cc([C@H]2[C@H](c3ccccn3)NC(=S)N2c2ccccc2O)c(C)n1-c1cccnc1. The molecule has 0 bridgehead atoms. The molecule has 1 fully saturated rings. The van der Waals surface area contributed by atoms with Crippen LogP contribution in [0.4, 0.5) is 5.69 Å². The van der Waals surface area contributed by atoms with Crippen LogP contribution in [0.2, 0.25) is 0 Å². The summed E-state index contributed by atoms with van der Waals surface area (Å²) in [5, 5.41) is 14.7. The summed E-state index contributed by atoms with van der Waals surface area (Å²) < 4.78 is 2.20. The number of benzene rings is 1. The van der Waals surface area contributed by atoms with Gasteiger partial charge in [0.15, 0.2) is 5.11 Å². The zero-order chi connectivity index (χ0) is 22.2. The summed E-state index contributed by atoms with van der Waals surface area (Å²) in [5.41, 5.74) is 5.86. The van der Waals surface area contributed by atoms with Crippen molar-refractivity contribution in [1.29, 1.82) is 0 Å². The summed E-state index contributed by atoms with van der Waals surface area (Å²) in [6.07, 6.45) is 5.42. The molecule has 4 aromatic rings. The maximum atomic E-state index is 10.7. The molecular weight excluding hydrogens is 418 g/mol. The smallest absolute Gasteiger partial charge is 0.174 e. The van der Waals surface area contributed by atoms with Crippen molar-refractivity contribution in [3.05, 3.63) is 102 Å². The second-order valence-corrected chi connectivity index (χ2v) is 8.25. The standard InChI is InChI=1S/C25H23N5OS/c1-16-14-19(17(2)29(16)18-8-7-12-26-15-18)24-23(20-9-5-6-13-27-20)28-25(32)30(24)21-10-3-4-11-22(21)31/h3-15,23-24,31H,1-2H3,(H,28,32)/t23-,24-/m0/s1. The van der Waals surface area contributed by atoms with Gasteiger partial charge in [-0.2, -0.15) is 0 Å². The fourth-order valence-corrected chi connectivity index (χ4v) is 4.91. The van der Waals surface area contributed by atoms with Gasteiger partial charge in [0.05, 0.1) is 35.3 Å². The summed E-state index contributed by atoms with van der Waals surface area (Å²) in [5.74, 6) is 0.185. The molecule has 2 N–H and O–H groups in total. The fraction of sp³-hybridized carbons (Fsp3) is 0.160.